The van der Waals surface area contributed by atoms with E-state index in [4.69, 9.17) is 4.98 Å². The molecule has 1 fully saturated rings. The van der Waals surface area contributed by atoms with Crippen molar-refractivity contribution < 1.29 is 13.2 Å². The molecule has 0 aliphatic heterocycles. The fraction of sp³-hybridized carbons (Fsp3) is 0.444. The molecule has 0 aromatic carbocycles. The standard InChI is InChI=1S/C18H19F3N4/c1-9-4-7-12(10-5-6-10)23-14(9)17-24-13-8-11(18(19,20)21)15(22-2)16(13)25(17)3/h4,7-8,10,15,22H,5-6H2,1-3H3. The molecule has 1 N–H and O–H groups in total. The summed E-state index contributed by atoms with van der Waals surface area (Å²) in [6, 6.07) is 3.14. The Bertz CT molecular complexity index is 875. The highest BCUT2D eigenvalue weighted by Crippen LogP contribution is 2.44. The maximum atomic E-state index is 13.3. The highest BCUT2D eigenvalue weighted by molar-refractivity contribution is 5.68. The molecule has 7 heteroatoms. The minimum Gasteiger partial charge on any atom is -0.328 e. The number of alkyl halides is 3. The molecule has 0 amide bonds. The number of rotatable bonds is 3. The van der Waals surface area contributed by atoms with E-state index in [-0.39, 0.29) is 0 Å². The van der Waals surface area contributed by atoms with Crippen molar-refractivity contribution in [2.45, 2.75) is 37.9 Å². The van der Waals surface area contributed by atoms with Gasteiger partial charge in [0.25, 0.3) is 0 Å². The first-order valence-electron chi connectivity index (χ1n) is 8.32. The van der Waals surface area contributed by atoms with Crippen LogP contribution in [-0.4, -0.2) is 27.8 Å². The molecule has 2 aromatic rings. The number of aryl methyl sites for hydroxylation is 1. The SMILES string of the molecule is CNC1C(C(F)(F)F)=Cc2nc(-c3nc(C4CC4)ccc3C)n(C)c21. The van der Waals surface area contributed by atoms with Crippen molar-refractivity contribution in [2.75, 3.05) is 7.05 Å². The van der Waals surface area contributed by atoms with Gasteiger partial charge in [-0.25, -0.2) is 9.97 Å². The second-order valence-electron chi connectivity index (χ2n) is 6.76. The van der Waals surface area contributed by atoms with E-state index >= 15 is 0 Å². The molecule has 2 aliphatic rings. The topological polar surface area (TPSA) is 42.7 Å². The number of halogens is 3. The highest BCUT2D eigenvalue weighted by atomic mass is 19.4. The lowest BCUT2D eigenvalue weighted by Crippen LogP contribution is -2.26. The Morgan fingerprint density at radius 2 is 1.92 bits per heavy atom. The van der Waals surface area contributed by atoms with Crippen LogP contribution in [0.5, 0.6) is 0 Å². The fourth-order valence-corrected chi connectivity index (χ4v) is 3.48. The van der Waals surface area contributed by atoms with E-state index in [0.717, 1.165) is 35.9 Å². The Labute approximate surface area is 143 Å². The van der Waals surface area contributed by atoms with Crippen LogP contribution in [0, 0.1) is 6.92 Å². The average molecular weight is 348 g/mol. The minimum absolute atomic E-state index is 0.363. The molecule has 0 radical (unpaired) electrons. The fourth-order valence-electron chi connectivity index (χ4n) is 3.48. The first kappa shape index (κ1) is 16.3. The van der Waals surface area contributed by atoms with Crippen molar-refractivity contribution in [3.8, 4) is 11.5 Å². The monoisotopic (exact) mass is 348 g/mol. The lowest BCUT2D eigenvalue weighted by molar-refractivity contribution is -0.0953. The molecule has 0 bridgehead atoms. The molecule has 1 saturated carbocycles. The largest absolute Gasteiger partial charge is 0.414 e. The number of aromatic nitrogens is 3. The molecule has 2 aliphatic carbocycles. The lowest BCUT2D eigenvalue weighted by atomic mass is 10.1. The van der Waals surface area contributed by atoms with Gasteiger partial charge in [-0.2, -0.15) is 13.2 Å². The van der Waals surface area contributed by atoms with Crippen LogP contribution < -0.4 is 5.32 Å². The van der Waals surface area contributed by atoms with E-state index < -0.39 is 17.8 Å². The molecule has 2 aromatic heterocycles. The number of fused-ring (bicyclic) bond motifs is 1. The molecule has 1 atom stereocenters. The summed E-state index contributed by atoms with van der Waals surface area (Å²) >= 11 is 0. The normalized spacial score (nSPS) is 19.9. The average Bonchev–Trinajstić information content (AvgIpc) is 3.25. The molecule has 2 heterocycles. The third-order valence-electron chi connectivity index (χ3n) is 4.99. The number of pyridine rings is 1. The van der Waals surface area contributed by atoms with E-state index in [0.29, 0.717) is 23.1 Å². The number of imidazole rings is 1. The Balaban J connectivity index is 1.83. The Morgan fingerprint density at radius 3 is 2.52 bits per heavy atom. The van der Waals surface area contributed by atoms with Crippen LogP contribution in [0.4, 0.5) is 13.2 Å². The molecule has 25 heavy (non-hydrogen) atoms. The second kappa shape index (κ2) is 5.42. The first-order valence-corrected chi connectivity index (χ1v) is 8.32. The van der Waals surface area contributed by atoms with Gasteiger partial charge in [-0.3, -0.25) is 0 Å². The summed E-state index contributed by atoms with van der Waals surface area (Å²) in [5.41, 5.74) is 3.05. The lowest BCUT2D eigenvalue weighted by Gasteiger charge is -2.19. The van der Waals surface area contributed by atoms with E-state index in [9.17, 15) is 13.2 Å². The van der Waals surface area contributed by atoms with Crippen molar-refractivity contribution >= 4 is 6.08 Å². The third kappa shape index (κ3) is 2.57. The van der Waals surface area contributed by atoms with Crippen molar-refractivity contribution in [1.29, 1.82) is 0 Å². The van der Waals surface area contributed by atoms with Gasteiger partial charge in [-0.15, -0.1) is 0 Å². The Morgan fingerprint density at radius 1 is 1.20 bits per heavy atom. The summed E-state index contributed by atoms with van der Waals surface area (Å²) in [5, 5.41) is 2.77. The van der Waals surface area contributed by atoms with Gasteiger partial charge in [-0.1, -0.05) is 6.07 Å². The van der Waals surface area contributed by atoms with Crippen LogP contribution >= 0.6 is 0 Å². The van der Waals surface area contributed by atoms with Gasteiger partial charge in [0.1, 0.15) is 5.69 Å². The predicted molar refractivity (Wildman–Crippen MR) is 89.0 cm³/mol. The van der Waals surface area contributed by atoms with Crippen molar-refractivity contribution in [3.05, 3.63) is 40.4 Å². The van der Waals surface area contributed by atoms with Gasteiger partial charge in [0.15, 0.2) is 5.82 Å². The minimum atomic E-state index is -4.38. The summed E-state index contributed by atoms with van der Waals surface area (Å²) in [6.45, 7) is 1.95. The summed E-state index contributed by atoms with van der Waals surface area (Å²) in [5.74, 6) is 1.12. The third-order valence-corrected chi connectivity index (χ3v) is 4.99. The van der Waals surface area contributed by atoms with Crippen LogP contribution in [0.1, 0.15) is 47.4 Å². The first-order chi connectivity index (χ1) is 11.8. The Hall–Kier alpha value is -2.15. The van der Waals surface area contributed by atoms with Gasteiger partial charge in [0, 0.05) is 18.7 Å². The molecule has 1 unspecified atom stereocenters. The molecule has 0 spiro atoms. The van der Waals surface area contributed by atoms with Crippen LogP contribution in [0.25, 0.3) is 17.6 Å². The van der Waals surface area contributed by atoms with E-state index in [1.807, 2.05) is 19.1 Å². The van der Waals surface area contributed by atoms with E-state index in [1.54, 1.807) is 11.6 Å². The summed E-state index contributed by atoms with van der Waals surface area (Å²) in [7, 11) is 3.28. The number of likely N-dealkylation sites (N-methyl/N-ethyl adjacent to an activating group) is 1. The van der Waals surface area contributed by atoms with E-state index in [1.165, 1.54) is 7.05 Å². The predicted octanol–water partition coefficient (Wildman–Crippen LogP) is 3.89. The van der Waals surface area contributed by atoms with Crippen LogP contribution in [0.15, 0.2) is 17.7 Å². The quantitative estimate of drug-likeness (QED) is 0.915. The number of nitrogens with one attached hydrogen (secondary N) is 1. The van der Waals surface area contributed by atoms with Gasteiger partial charge >= 0.3 is 6.18 Å². The summed E-state index contributed by atoms with van der Waals surface area (Å²) in [6.07, 6.45) is -0.952. The van der Waals surface area contributed by atoms with Crippen LogP contribution in [0.3, 0.4) is 0 Å². The molecule has 4 nitrogen and oxygen atoms in total. The number of hydrogen-bond donors (Lipinski definition) is 1. The van der Waals surface area contributed by atoms with E-state index in [2.05, 4.69) is 10.3 Å². The van der Waals surface area contributed by atoms with Crippen molar-refractivity contribution in [2.24, 2.45) is 7.05 Å². The highest BCUT2D eigenvalue weighted by Gasteiger charge is 2.44. The Kier molecular flexibility index (Phi) is 3.54. The van der Waals surface area contributed by atoms with Crippen LogP contribution in [0.2, 0.25) is 0 Å². The van der Waals surface area contributed by atoms with Crippen molar-refractivity contribution in [3.63, 3.8) is 0 Å². The number of nitrogens with zero attached hydrogens (tertiary/aromatic N) is 3. The molecular formula is C18H19F3N4. The second-order valence-corrected chi connectivity index (χ2v) is 6.76. The molecular weight excluding hydrogens is 329 g/mol. The zero-order valence-electron chi connectivity index (χ0n) is 14.3. The van der Waals surface area contributed by atoms with Gasteiger partial charge < -0.3 is 9.88 Å². The maximum Gasteiger partial charge on any atom is 0.414 e. The van der Waals surface area contributed by atoms with Gasteiger partial charge in [-0.05, 0) is 44.5 Å². The van der Waals surface area contributed by atoms with Gasteiger partial charge in [0.05, 0.1) is 23.0 Å². The van der Waals surface area contributed by atoms with Crippen molar-refractivity contribution in [1.82, 2.24) is 19.9 Å². The van der Waals surface area contributed by atoms with Crippen LogP contribution in [-0.2, 0) is 7.05 Å². The summed E-state index contributed by atoms with van der Waals surface area (Å²) < 4.78 is 41.5. The molecule has 0 saturated heterocycles. The molecule has 132 valence electrons. The zero-order chi connectivity index (χ0) is 17.9. The maximum absolute atomic E-state index is 13.3. The van der Waals surface area contributed by atoms with Gasteiger partial charge in [0.2, 0.25) is 0 Å². The molecule has 4 rings (SSSR count). The number of hydrogen-bond acceptors (Lipinski definition) is 3. The summed E-state index contributed by atoms with van der Waals surface area (Å²) in [4.78, 5) is 9.24. The zero-order valence-corrected chi connectivity index (χ0v) is 14.3. The smallest absolute Gasteiger partial charge is 0.328 e.